The largest absolute Gasteiger partial charge is 0.263 e. The summed E-state index contributed by atoms with van der Waals surface area (Å²) in [5.74, 6) is 0. The van der Waals surface area contributed by atoms with Crippen LogP contribution in [0.1, 0.15) is 11.1 Å². The number of hydrogen-bond donors (Lipinski definition) is 0. The molecule has 1 aromatic rings. The fourth-order valence-electron chi connectivity index (χ4n) is 0.581. The molecule has 3 heteroatoms. The third kappa shape index (κ3) is 0.936. The SMILES string of the molecule is N#Cc1ccncc1C#N. The second kappa shape index (κ2) is 2.61. The Balaban J connectivity index is 3.28. The van der Waals surface area contributed by atoms with Crippen molar-refractivity contribution in [2.75, 3.05) is 0 Å². The Morgan fingerprint density at radius 1 is 1.20 bits per heavy atom. The first kappa shape index (κ1) is 6.25. The van der Waals surface area contributed by atoms with Gasteiger partial charge in [0.1, 0.15) is 12.1 Å². The molecule has 0 unspecified atom stereocenters. The lowest BCUT2D eigenvalue weighted by Crippen LogP contribution is -1.82. The molecule has 0 saturated heterocycles. The lowest BCUT2D eigenvalue weighted by Gasteiger charge is -1.87. The second-order valence-corrected chi connectivity index (χ2v) is 1.64. The summed E-state index contributed by atoms with van der Waals surface area (Å²) in [6.45, 7) is 0. The number of aromatic nitrogens is 1. The third-order valence-corrected chi connectivity index (χ3v) is 1.06. The van der Waals surface area contributed by atoms with Crippen LogP contribution in [0.2, 0.25) is 0 Å². The van der Waals surface area contributed by atoms with Crippen molar-refractivity contribution in [1.82, 2.24) is 4.98 Å². The van der Waals surface area contributed by atoms with Crippen LogP contribution in [0.4, 0.5) is 0 Å². The van der Waals surface area contributed by atoms with E-state index >= 15 is 0 Å². The van der Waals surface area contributed by atoms with Crippen molar-refractivity contribution in [1.29, 1.82) is 10.5 Å². The monoisotopic (exact) mass is 129 g/mol. The Bertz CT molecular complexity index is 283. The van der Waals surface area contributed by atoms with Gasteiger partial charge in [-0.15, -0.1) is 0 Å². The first-order valence-corrected chi connectivity index (χ1v) is 2.62. The predicted octanol–water partition coefficient (Wildman–Crippen LogP) is 0.825. The van der Waals surface area contributed by atoms with Crippen molar-refractivity contribution in [3.63, 3.8) is 0 Å². The number of nitriles is 2. The van der Waals surface area contributed by atoms with E-state index in [2.05, 4.69) is 4.98 Å². The van der Waals surface area contributed by atoms with Crippen molar-refractivity contribution >= 4 is 0 Å². The van der Waals surface area contributed by atoms with E-state index in [1.54, 1.807) is 0 Å². The quantitative estimate of drug-likeness (QED) is 0.521. The van der Waals surface area contributed by atoms with E-state index in [4.69, 9.17) is 10.5 Å². The fourth-order valence-corrected chi connectivity index (χ4v) is 0.581. The Morgan fingerprint density at radius 2 is 1.90 bits per heavy atom. The van der Waals surface area contributed by atoms with Crippen LogP contribution in [0, 0.1) is 22.7 Å². The zero-order valence-electron chi connectivity index (χ0n) is 5.07. The molecule has 0 amide bonds. The maximum Gasteiger partial charge on any atom is 0.102 e. The summed E-state index contributed by atoms with van der Waals surface area (Å²) in [7, 11) is 0. The molecule has 0 saturated carbocycles. The van der Waals surface area contributed by atoms with Crippen LogP contribution in [0.25, 0.3) is 0 Å². The topological polar surface area (TPSA) is 60.5 Å². The normalized spacial score (nSPS) is 7.80. The molecule has 3 nitrogen and oxygen atoms in total. The highest BCUT2D eigenvalue weighted by molar-refractivity contribution is 5.42. The van der Waals surface area contributed by atoms with Crippen molar-refractivity contribution in [3.8, 4) is 12.1 Å². The molecule has 0 bridgehead atoms. The molecule has 10 heavy (non-hydrogen) atoms. The lowest BCUT2D eigenvalue weighted by molar-refractivity contribution is 1.28. The minimum absolute atomic E-state index is 0.324. The summed E-state index contributed by atoms with van der Waals surface area (Å²) < 4.78 is 0. The average Bonchev–Trinajstić information content (AvgIpc) is 2.04. The summed E-state index contributed by atoms with van der Waals surface area (Å²) in [6.07, 6.45) is 2.86. The van der Waals surface area contributed by atoms with Gasteiger partial charge < -0.3 is 0 Å². The molecule has 0 atom stereocenters. The van der Waals surface area contributed by atoms with Crippen LogP contribution < -0.4 is 0 Å². The maximum absolute atomic E-state index is 8.42. The van der Waals surface area contributed by atoms with Crippen molar-refractivity contribution in [3.05, 3.63) is 29.6 Å². The molecule has 0 aliphatic heterocycles. The first-order valence-electron chi connectivity index (χ1n) is 2.62. The molecule has 1 rings (SSSR count). The van der Waals surface area contributed by atoms with Gasteiger partial charge in [-0.05, 0) is 6.07 Å². The highest BCUT2D eigenvalue weighted by Crippen LogP contribution is 2.01. The van der Waals surface area contributed by atoms with E-state index in [-0.39, 0.29) is 0 Å². The van der Waals surface area contributed by atoms with Crippen LogP contribution in [-0.4, -0.2) is 4.98 Å². The van der Waals surface area contributed by atoms with Gasteiger partial charge >= 0.3 is 0 Å². The zero-order chi connectivity index (χ0) is 7.40. The molecule has 1 heterocycles. The number of rotatable bonds is 0. The van der Waals surface area contributed by atoms with Crippen LogP contribution in [-0.2, 0) is 0 Å². The summed E-state index contributed by atoms with van der Waals surface area (Å²) in [5, 5.41) is 16.8. The van der Waals surface area contributed by atoms with Gasteiger partial charge in [0, 0.05) is 12.4 Å². The van der Waals surface area contributed by atoms with Gasteiger partial charge in [-0.2, -0.15) is 10.5 Å². The van der Waals surface area contributed by atoms with E-state index in [1.807, 2.05) is 12.1 Å². The predicted molar refractivity (Wildman–Crippen MR) is 33.7 cm³/mol. The summed E-state index contributed by atoms with van der Waals surface area (Å²) in [4.78, 5) is 3.69. The molecule has 0 aromatic carbocycles. The molecule has 0 fully saturated rings. The summed E-state index contributed by atoms with van der Waals surface area (Å²) in [6, 6.07) is 5.26. The molecule has 0 N–H and O–H groups in total. The van der Waals surface area contributed by atoms with Crippen LogP contribution in [0.3, 0.4) is 0 Å². The Morgan fingerprint density at radius 3 is 2.40 bits per heavy atom. The Kier molecular flexibility index (Phi) is 1.63. The average molecular weight is 129 g/mol. The highest BCUT2D eigenvalue weighted by Gasteiger charge is 1.96. The molecule has 1 aromatic heterocycles. The van der Waals surface area contributed by atoms with Crippen molar-refractivity contribution in [2.45, 2.75) is 0 Å². The summed E-state index contributed by atoms with van der Waals surface area (Å²) in [5.41, 5.74) is 0.697. The Hall–Kier alpha value is -1.87. The van der Waals surface area contributed by atoms with Crippen LogP contribution in [0.15, 0.2) is 18.5 Å². The molecule has 0 aliphatic rings. The number of pyridine rings is 1. The fraction of sp³-hybridized carbons (Fsp3) is 0. The van der Waals surface area contributed by atoms with Gasteiger partial charge in [0.25, 0.3) is 0 Å². The zero-order valence-corrected chi connectivity index (χ0v) is 5.07. The molecule has 0 aliphatic carbocycles. The number of nitrogens with zero attached hydrogens (tertiary/aromatic N) is 3. The van der Waals surface area contributed by atoms with E-state index in [0.29, 0.717) is 11.1 Å². The van der Waals surface area contributed by atoms with Gasteiger partial charge in [0.05, 0.1) is 11.1 Å². The minimum Gasteiger partial charge on any atom is -0.263 e. The first-order chi connectivity index (χ1) is 4.88. The van der Waals surface area contributed by atoms with Gasteiger partial charge in [0.15, 0.2) is 0 Å². The minimum atomic E-state index is 0.324. The van der Waals surface area contributed by atoms with Crippen LogP contribution >= 0.6 is 0 Å². The van der Waals surface area contributed by atoms with E-state index < -0.39 is 0 Å². The molecule has 0 radical (unpaired) electrons. The third-order valence-electron chi connectivity index (χ3n) is 1.06. The molecular weight excluding hydrogens is 126 g/mol. The van der Waals surface area contributed by atoms with E-state index in [1.165, 1.54) is 18.5 Å². The molecule has 46 valence electrons. The van der Waals surface area contributed by atoms with Gasteiger partial charge in [-0.1, -0.05) is 0 Å². The lowest BCUT2D eigenvalue weighted by atomic mass is 10.2. The standard InChI is InChI=1S/C7H3N3/c8-3-6-1-2-10-5-7(6)4-9/h1-2,5H. The highest BCUT2D eigenvalue weighted by atomic mass is 14.6. The smallest absolute Gasteiger partial charge is 0.102 e. The van der Waals surface area contributed by atoms with E-state index in [0.717, 1.165) is 0 Å². The maximum atomic E-state index is 8.42. The van der Waals surface area contributed by atoms with Crippen molar-refractivity contribution < 1.29 is 0 Å². The van der Waals surface area contributed by atoms with E-state index in [9.17, 15) is 0 Å². The second-order valence-electron chi connectivity index (χ2n) is 1.64. The van der Waals surface area contributed by atoms with Gasteiger partial charge in [0.2, 0.25) is 0 Å². The van der Waals surface area contributed by atoms with Gasteiger partial charge in [-0.3, -0.25) is 4.98 Å². The van der Waals surface area contributed by atoms with Crippen molar-refractivity contribution in [2.24, 2.45) is 0 Å². The molecular formula is C7H3N3. The number of hydrogen-bond acceptors (Lipinski definition) is 3. The Labute approximate surface area is 58.2 Å². The summed E-state index contributed by atoms with van der Waals surface area (Å²) >= 11 is 0. The van der Waals surface area contributed by atoms with Gasteiger partial charge in [-0.25, -0.2) is 0 Å². The van der Waals surface area contributed by atoms with Crippen LogP contribution in [0.5, 0.6) is 0 Å². The molecule has 0 spiro atoms.